The zero-order valence-corrected chi connectivity index (χ0v) is 8.83. The maximum atomic E-state index is 10.7. The fourth-order valence-corrected chi connectivity index (χ4v) is 1.83. The molecule has 0 atom stereocenters. The second-order valence-electron chi connectivity index (χ2n) is 3.69. The number of nitrogens with zero attached hydrogens (tertiary/aromatic N) is 3. The number of hydrogen-bond acceptors (Lipinski definition) is 4. The van der Waals surface area contributed by atoms with Crippen LogP contribution in [0.1, 0.15) is 0 Å². The van der Waals surface area contributed by atoms with Gasteiger partial charge < -0.3 is 20.6 Å². The van der Waals surface area contributed by atoms with Gasteiger partial charge in [-0.15, -0.1) is 0 Å². The first-order chi connectivity index (χ1) is 7.68. The molecule has 1 saturated heterocycles. The molecule has 2 heterocycles. The fraction of sp³-hybridized carbons (Fsp3) is 0.400. The Morgan fingerprint density at radius 2 is 2.06 bits per heavy atom. The first-order valence-electron chi connectivity index (χ1n) is 5.11. The van der Waals surface area contributed by atoms with Crippen molar-refractivity contribution in [2.45, 2.75) is 0 Å². The maximum absolute atomic E-state index is 10.7. The van der Waals surface area contributed by atoms with Gasteiger partial charge in [0.2, 0.25) is 0 Å². The van der Waals surface area contributed by atoms with Gasteiger partial charge in [0, 0.05) is 32.4 Å². The van der Waals surface area contributed by atoms with Crippen molar-refractivity contribution >= 4 is 17.5 Å². The van der Waals surface area contributed by atoms with Gasteiger partial charge in [-0.3, -0.25) is 4.98 Å². The van der Waals surface area contributed by atoms with E-state index in [1.165, 1.54) is 4.90 Å². The van der Waals surface area contributed by atoms with Crippen molar-refractivity contribution in [3.8, 4) is 0 Å². The summed E-state index contributed by atoms with van der Waals surface area (Å²) in [6.45, 7) is 2.36. The summed E-state index contributed by atoms with van der Waals surface area (Å²) in [6, 6.07) is 1.85. The van der Waals surface area contributed by atoms with Gasteiger partial charge in [0.05, 0.1) is 17.6 Å². The SMILES string of the molecule is Nc1cnccc1N1CCN(C(=O)O)CC1. The van der Waals surface area contributed by atoms with E-state index >= 15 is 0 Å². The van der Waals surface area contributed by atoms with Gasteiger partial charge in [0.1, 0.15) is 0 Å². The minimum Gasteiger partial charge on any atom is -0.465 e. The van der Waals surface area contributed by atoms with Crippen LogP contribution < -0.4 is 10.6 Å². The second kappa shape index (κ2) is 4.26. The molecule has 6 heteroatoms. The molecule has 0 aromatic carbocycles. The lowest BCUT2D eigenvalue weighted by atomic mass is 10.2. The standard InChI is InChI=1S/C10H14N4O2/c11-8-7-12-2-1-9(8)13-3-5-14(6-4-13)10(15)16/h1-2,7H,3-6,11H2,(H,15,16). The third kappa shape index (κ3) is 2.00. The molecule has 1 aliphatic heterocycles. The summed E-state index contributed by atoms with van der Waals surface area (Å²) in [5.41, 5.74) is 7.37. The number of carboxylic acid groups (broad SMARTS) is 1. The molecule has 0 radical (unpaired) electrons. The molecule has 0 aliphatic carbocycles. The van der Waals surface area contributed by atoms with Crippen LogP contribution in [-0.2, 0) is 0 Å². The predicted molar refractivity (Wildman–Crippen MR) is 60.5 cm³/mol. The third-order valence-corrected chi connectivity index (χ3v) is 2.72. The van der Waals surface area contributed by atoms with Crippen LogP contribution >= 0.6 is 0 Å². The number of rotatable bonds is 1. The van der Waals surface area contributed by atoms with Crippen LogP contribution in [0, 0.1) is 0 Å². The van der Waals surface area contributed by atoms with Crippen molar-refractivity contribution in [1.82, 2.24) is 9.88 Å². The molecule has 2 rings (SSSR count). The molecule has 0 bridgehead atoms. The van der Waals surface area contributed by atoms with E-state index in [2.05, 4.69) is 9.88 Å². The lowest BCUT2D eigenvalue weighted by Gasteiger charge is -2.35. The first kappa shape index (κ1) is 10.5. The lowest BCUT2D eigenvalue weighted by molar-refractivity contribution is 0.142. The minimum atomic E-state index is -0.859. The molecule has 1 fully saturated rings. The van der Waals surface area contributed by atoms with E-state index in [1.54, 1.807) is 12.4 Å². The van der Waals surface area contributed by atoms with E-state index in [0.29, 0.717) is 31.9 Å². The van der Waals surface area contributed by atoms with Crippen LogP contribution in [0.5, 0.6) is 0 Å². The molecule has 1 aliphatic rings. The van der Waals surface area contributed by atoms with Gasteiger partial charge in [-0.05, 0) is 6.07 Å². The average Bonchev–Trinajstić information content (AvgIpc) is 2.30. The van der Waals surface area contributed by atoms with Gasteiger partial charge in [-0.2, -0.15) is 0 Å². The molecule has 0 unspecified atom stereocenters. The van der Waals surface area contributed by atoms with Crippen LogP contribution in [0.4, 0.5) is 16.2 Å². The Morgan fingerprint density at radius 1 is 1.38 bits per heavy atom. The Bertz CT molecular complexity index is 388. The molecule has 3 N–H and O–H groups in total. The van der Waals surface area contributed by atoms with Gasteiger partial charge >= 0.3 is 6.09 Å². The van der Waals surface area contributed by atoms with Crippen LogP contribution in [0.25, 0.3) is 0 Å². The summed E-state index contributed by atoms with van der Waals surface area (Å²) in [4.78, 5) is 18.2. The first-order valence-corrected chi connectivity index (χ1v) is 5.11. The van der Waals surface area contributed by atoms with Crippen LogP contribution in [-0.4, -0.2) is 47.3 Å². The van der Waals surface area contributed by atoms with Crippen LogP contribution in [0.3, 0.4) is 0 Å². The number of nitrogen functional groups attached to an aromatic ring is 1. The number of hydrogen-bond donors (Lipinski definition) is 2. The van der Waals surface area contributed by atoms with Crippen molar-refractivity contribution in [2.24, 2.45) is 0 Å². The number of piperazine rings is 1. The molecule has 1 aromatic heterocycles. The second-order valence-corrected chi connectivity index (χ2v) is 3.69. The highest BCUT2D eigenvalue weighted by atomic mass is 16.4. The van der Waals surface area contributed by atoms with E-state index in [1.807, 2.05) is 6.07 Å². The molecular formula is C10H14N4O2. The number of carbonyl (C=O) groups is 1. The Kier molecular flexibility index (Phi) is 2.80. The van der Waals surface area contributed by atoms with E-state index < -0.39 is 6.09 Å². The lowest BCUT2D eigenvalue weighted by Crippen LogP contribution is -2.48. The molecular weight excluding hydrogens is 208 g/mol. The summed E-state index contributed by atoms with van der Waals surface area (Å²) in [6.07, 6.45) is 2.44. The Labute approximate surface area is 93.3 Å². The molecule has 6 nitrogen and oxygen atoms in total. The van der Waals surface area contributed by atoms with E-state index in [-0.39, 0.29) is 0 Å². The van der Waals surface area contributed by atoms with Crippen molar-refractivity contribution in [3.05, 3.63) is 18.5 Å². The summed E-state index contributed by atoms with van der Waals surface area (Å²) < 4.78 is 0. The van der Waals surface area contributed by atoms with Gasteiger partial charge in [0.25, 0.3) is 0 Å². The molecule has 16 heavy (non-hydrogen) atoms. The zero-order valence-electron chi connectivity index (χ0n) is 8.83. The summed E-state index contributed by atoms with van der Waals surface area (Å²) in [5, 5.41) is 8.82. The van der Waals surface area contributed by atoms with Crippen molar-refractivity contribution in [3.63, 3.8) is 0 Å². The minimum absolute atomic E-state index is 0.511. The molecule has 0 saturated carbocycles. The van der Waals surface area contributed by atoms with E-state index in [0.717, 1.165) is 5.69 Å². The van der Waals surface area contributed by atoms with Crippen molar-refractivity contribution < 1.29 is 9.90 Å². The van der Waals surface area contributed by atoms with E-state index in [4.69, 9.17) is 10.8 Å². The Hall–Kier alpha value is -1.98. The summed E-state index contributed by atoms with van der Waals surface area (Å²) >= 11 is 0. The maximum Gasteiger partial charge on any atom is 0.407 e. The average molecular weight is 222 g/mol. The number of aromatic nitrogens is 1. The summed E-state index contributed by atoms with van der Waals surface area (Å²) in [7, 11) is 0. The quantitative estimate of drug-likeness (QED) is 0.721. The number of amides is 1. The third-order valence-electron chi connectivity index (χ3n) is 2.72. The van der Waals surface area contributed by atoms with Gasteiger partial charge in [-0.25, -0.2) is 4.79 Å². The number of pyridine rings is 1. The molecule has 0 spiro atoms. The van der Waals surface area contributed by atoms with Crippen LogP contribution in [0.15, 0.2) is 18.5 Å². The highest BCUT2D eigenvalue weighted by Gasteiger charge is 2.21. The molecule has 1 amide bonds. The predicted octanol–water partition coefficient (Wildman–Crippen LogP) is 0.464. The number of nitrogens with two attached hydrogens (primary N) is 1. The monoisotopic (exact) mass is 222 g/mol. The highest BCUT2D eigenvalue weighted by Crippen LogP contribution is 2.22. The Morgan fingerprint density at radius 3 is 2.62 bits per heavy atom. The van der Waals surface area contributed by atoms with Crippen molar-refractivity contribution in [2.75, 3.05) is 36.8 Å². The zero-order chi connectivity index (χ0) is 11.5. The highest BCUT2D eigenvalue weighted by molar-refractivity contribution is 5.68. The van der Waals surface area contributed by atoms with Crippen LogP contribution in [0.2, 0.25) is 0 Å². The van der Waals surface area contributed by atoms with Gasteiger partial charge in [-0.1, -0.05) is 0 Å². The Balaban J connectivity index is 2.05. The topological polar surface area (TPSA) is 82.7 Å². The van der Waals surface area contributed by atoms with Gasteiger partial charge in [0.15, 0.2) is 0 Å². The number of anilines is 2. The normalized spacial score (nSPS) is 16.2. The molecule has 1 aromatic rings. The summed E-state index contributed by atoms with van der Waals surface area (Å²) in [5.74, 6) is 0. The molecule has 86 valence electrons. The van der Waals surface area contributed by atoms with E-state index in [9.17, 15) is 4.79 Å². The fourth-order valence-electron chi connectivity index (χ4n) is 1.83. The van der Waals surface area contributed by atoms with Crippen molar-refractivity contribution in [1.29, 1.82) is 0 Å². The smallest absolute Gasteiger partial charge is 0.407 e. The largest absolute Gasteiger partial charge is 0.465 e.